The number of nitrogens with zero attached hydrogens (tertiary/aromatic N) is 1. The Morgan fingerprint density at radius 2 is 2.06 bits per heavy atom. The summed E-state index contributed by atoms with van der Waals surface area (Å²) >= 11 is 0. The van der Waals surface area contributed by atoms with Crippen LogP contribution in [0.4, 0.5) is 0 Å². The molecule has 1 aliphatic rings. The molecule has 0 spiro atoms. The van der Waals surface area contributed by atoms with Gasteiger partial charge in [-0.2, -0.15) is 0 Å². The number of rotatable bonds is 7. The fraction of sp³-hybridized carbons (Fsp3) is 0.923. The highest BCUT2D eigenvalue weighted by atomic mass is 16.5. The molecule has 1 rings (SSSR count). The van der Waals surface area contributed by atoms with Crippen molar-refractivity contribution in [2.24, 2.45) is 5.92 Å². The highest BCUT2D eigenvalue weighted by Gasteiger charge is 2.21. The van der Waals surface area contributed by atoms with Crippen molar-refractivity contribution < 1.29 is 9.53 Å². The molecule has 1 saturated heterocycles. The van der Waals surface area contributed by atoms with Crippen LogP contribution in [0.1, 0.15) is 32.6 Å². The van der Waals surface area contributed by atoms with Gasteiger partial charge in [0.25, 0.3) is 0 Å². The summed E-state index contributed by atoms with van der Waals surface area (Å²) in [6.07, 6.45) is 3.81. The van der Waals surface area contributed by atoms with E-state index in [2.05, 4.69) is 12.2 Å². The van der Waals surface area contributed by atoms with Crippen LogP contribution in [0.2, 0.25) is 0 Å². The van der Waals surface area contributed by atoms with E-state index >= 15 is 0 Å². The second-order valence-electron chi connectivity index (χ2n) is 4.74. The van der Waals surface area contributed by atoms with Crippen molar-refractivity contribution in [3.05, 3.63) is 0 Å². The van der Waals surface area contributed by atoms with Crippen molar-refractivity contribution in [1.29, 1.82) is 0 Å². The van der Waals surface area contributed by atoms with Gasteiger partial charge in [-0.1, -0.05) is 6.92 Å². The molecule has 1 aliphatic heterocycles. The Morgan fingerprint density at radius 1 is 1.35 bits per heavy atom. The topological polar surface area (TPSA) is 41.6 Å². The maximum absolute atomic E-state index is 11.9. The summed E-state index contributed by atoms with van der Waals surface area (Å²) in [7, 11) is 1.99. The van der Waals surface area contributed by atoms with Crippen LogP contribution in [0.5, 0.6) is 0 Å². The largest absolute Gasteiger partial charge is 0.381 e. The molecule has 0 aromatic rings. The summed E-state index contributed by atoms with van der Waals surface area (Å²) < 4.78 is 5.35. The molecule has 4 nitrogen and oxygen atoms in total. The quantitative estimate of drug-likeness (QED) is 0.683. The summed E-state index contributed by atoms with van der Waals surface area (Å²) in [6, 6.07) is 0. The van der Waals surface area contributed by atoms with Crippen molar-refractivity contribution >= 4 is 5.91 Å². The Labute approximate surface area is 105 Å². The minimum atomic E-state index is 0.254. The molecule has 0 saturated carbocycles. The van der Waals surface area contributed by atoms with E-state index in [0.717, 1.165) is 51.4 Å². The molecular formula is C13H26N2O2. The molecule has 0 aliphatic carbocycles. The fourth-order valence-corrected chi connectivity index (χ4v) is 2.24. The molecule has 0 radical (unpaired) electrons. The van der Waals surface area contributed by atoms with Crippen LogP contribution < -0.4 is 5.32 Å². The number of ether oxygens (including phenoxy) is 1. The summed E-state index contributed by atoms with van der Waals surface area (Å²) in [5, 5.41) is 3.21. The van der Waals surface area contributed by atoms with Gasteiger partial charge in [0.15, 0.2) is 0 Å². The van der Waals surface area contributed by atoms with Crippen LogP contribution >= 0.6 is 0 Å². The van der Waals surface area contributed by atoms with Gasteiger partial charge >= 0.3 is 0 Å². The SMILES string of the molecule is CCCOCCC(=O)N1CCC(CNC)CC1. The van der Waals surface area contributed by atoms with E-state index in [4.69, 9.17) is 4.74 Å². The Morgan fingerprint density at radius 3 is 2.65 bits per heavy atom. The molecule has 100 valence electrons. The zero-order valence-corrected chi connectivity index (χ0v) is 11.2. The van der Waals surface area contributed by atoms with Gasteiger partial charge in [0, 0.05) is 19.7 Å². The first-order valence-corrected chi connectivity index (χ1v) is 6.78. The van der Waals surface area contributed by atoms with Crippen LogP contribution in [0.25, 0.3) is 0 Å². The summed E-state index contributed by atoms with van der Waals surface area (Å²) in [5.74, 6) is 0.990. The molecular weight excluding hydrogens is 216 g/mol. The van der Waals surface area contributed by atoms with Crippen LogP contribution in [0.15, 0.2) is 0 Å². The number of piperidine rings is 1. The molecule has 0 aromatic carbocycles. The first-order chi connectivity index (χ1) is 8.27. The number of hydrogen-bond donors (Lipinski definition) is 1. The highest BCUT2D eigenvalue weighted by Crippen LogP contribution is 2.16. The summed E-state index contributed by atoms with van der Waals surface area (Å²) in [6.45, 7) is 6.31. The lowest BCUT2D eigenvalue weighted by molar-refractivity contribution is -0.133. The third kappa shape index (κ3) is 5.50. The van der Waals surface area contributed by atoms with E-state index in [1.807, 2.05) is 11.9 Å². The van der Waals surface area contributed by atoms with E-state index in [-0.39, 0.29) is 5.91 Å². The zero-order chi connectivity index (χ0) is 12.5. The molecule has 17 heavy (non-hydrogen) atoms. The molecule has 0 bridgehead atoms. The van der Waals surface area contributed by atoms with Crippen molar-refractivity contribution in [2.75, 3.05) is 39.9 Å². The van der Waals surface area contributed by atoms with E-state index < -0.39 is 0 Å². The second-order valence-corrected chi connectivity index (χ2v) is 4.74. The number of hydrogen-bond acceptors (Lipinski definition) is 3. The molecule has 4 heteroatoms. The summed E-state index contributed by atoms with van der Waals surface area (Å²) in [5.41, 5.74) is 0. The van der Waals surface area contributed by atoms with E-state index in [0.29, 0.717) is 13.0 Å². The highest BCUT2D eigenvalue weighted by molar-refractivity contribution is 5.76. The molecule has 1 fully saturated rings. The van der Waals surface area contributed by atoms with E-state index in [1.54, 1.807) is 0 Å². The Hall–Kier alpha value is -0.610. The van der Waals surface area contributed by atoms with Crippen molar-refractivity contribution in [3.63, 3.8) is 0 Å². The Bertz CT molecular complexity index is 213. The molecule has 0 unspecified atom stereocenters. The van der Waals surface area contributed by atoms with Gasteiger partial charge in [0.05, 0.1) is 13.0 Å². The smallest absolute Gasteiger partial charge is 0.224 e. The van der Waals surface area contributed by atoms with Crippen LogP contribution in [-0.2, 0) is 9.53 Å². The zero-order valence-electron chi connectivity index (χ0n) is 11.2. The molecule has 1 amide bonds. The predicted molar refractivity (Wildman–Crippen MR) is 69.0 cm³/mol. The normalized spacial score (nSPS) is 17.4. The number of likely N-dealkylation sites (tertiary alicyclic amines) is 1. The van der Waals surface area contributed by atoms with Crippen LogP contribution in [-0.4, -0.2) is 50.7 Å². The molecule has 1 heterocycles. The third-order valence-electron chi connectivity index (χ3n) is 3.27. The summed E-state index contributed by atoms with van der Waals surface area (Å²) in [4.78, 5) is 13.8. The standard InChI is InChI=1S/C13H26N2O2/c1-3-9-17-10-6-13(16)15-7-4-12(5-8-15)11-14-2/h12,14H,3-11H2,1-2H3. The van der Waals surface area contributed by atoms with Gasteiger partial charge in [-0.15, -0.1) is 0 Å². The van der Waals surface area contributed by atoms with Crippen LogP contribution in [0.3, 0.4) is 0 Å². The van der Waals surface area contributed by atoms with Gasteiger partial charge < -0.3 is 15.0 Å². The Kier molecular flexibility index (Phi) is 7.21. The van der Waals surface area contributed by atoms with Gasteiger partial charge in [-0.3, -0.25) is 4.79 Å². The number of nitrogens with one attached hydrogen (secondary N) is 1. The monoisotopic (exact) mass is 242 g/mol. The van der Waals surface area contributed by atoms with E-state index in [1.165, 1.54) is 0 Å². The Balaban J connectivity index is 2.12. The lowest BCUT2D eigenvalue weighted by atomic mass is 9.97. The van der Waals surface area contributed by atoms with Gasteiger partial charge in [-0.25, -0.2) is 0 Å². The third-order valence-corrected chi connectivity index (χ3v) is 3.27. The second kappa shape index (κ2) is 8.48. The van der Waals surface area contributed by atoms with Gasteiger partial charge in [0.1, 0.15) is 0 Å². The van der Waals surface area contributed by atoms with Crippen molar-refractivity contribution in [1.82, 2.24) is 10.2 Å². The lowest BCUT2D eigenvalue weighted by Crippen LogP contribution is -2.40. The predicted octanol–water partition coefficient (Wildman–Crippen LogP) is 1.26. The average Bonchev–Trinajstić information content (AvgIpc) is 2.36. The minimum Gasteiger partial charge on any atom is -0.381 e. The molecule has 0 aromatic heterocycles. The van der Waals surface area contributed by atoms with Crippen molar-refractivity contribution in [3.8, 4) is 0 Å². The van der Waals surface area contributed by atoms with Crippen LogP contribution in [0, 0.1) is 5.92 Å². The van der Waals surface area contributed by atoms with Crippen molar-refractivity contribution in [2.45, 2.75) is 32.6 Å². The maximum atomic E-state index is 11.9. The molecule has 0 atom stereocenters. The average molecular weight is 242 g/mol. The van der Waals surface area contributed by atoms with Gasteiger partial charge in [-0.05, 0) is 38.8 Å². The first kappa shape index (κ1) is 14.5. The van der Waals surface area contributed by atoms with Gasteiger partial charge in [0.2, 0.25) is 5.91 Å². The van der Waals surface area contributed by atoms with E-state index in [9.17, 15) is 4.79 Å². The number of carbonyl (C=O) groups excluding carboxylic acids is 1. The maximum Gasteiger partial charge on any atom is 0.224 e. The number of amides is 1. The first-order valence-electron chi connectivity index (χ1n) is 6.78. The fourth-order valence-electron chi connectivity index (χ4n) is 2.24. The minimum absolute atomic E-state index is 0.254. The molecule has 1 N–H and O–H groups in total. The lowest BCUT2D eigenvalue weighted by Gasteiger charge is -2.32. The number of carbonyl (C=O) groups is 1.